The molecule has 0 saturated heterocycles. The van der Waals surface area contributed by atoms with Gasteiger partial charge in [0.1, 0.15) is 18.6 Å². The average Bonchev–Trinajstić information content (AvgIpc) is 3.36. The first-order valence-electron chi connectivity index (χ1n) is 11.0. The third-order valence-corrected chi connectivity index (χ3v) is 6.29. The number of benzene rings is 2. The van der Waals surface area contributed by atoms with Crippen LogP contribution in [0.1, 0.15) is 37.9 Å². The summed E-state index contributed by atoms with van der Waals surface area (Å²) in [6, 6.07) is 17.9. The number of fused-ring (bicyclic) bond motifs is 1. The Bertz CT molecular complexity index is 1280. The molecule has 32 heavy (non-hydrogen) atoms. The Morgan fingerprint density at radius 1 is 1.00 bits per heavy atom. The summed E-state index contributed by atoms with van der Waals surface area (Å²) >= 11 is 5.75. The molecule has 0 aliphatic heterocycles. The van der Waals surface area contributed by atoms with Crippen LogP contribution in [0.4, 0.5) is 0 Å². The predicted octanol–water partition coefficient (Wildman–Crippen LogP) is 3.65. The monoisotopic (exact) mass is 447 g/mol. The van der Waals surface area contributed by atoms with Gasteiger partial charge in [-0.1, -0.05) is 54.8 Å². The molecule has 0 spiro atoms. The lowest BCUT2D eigenvalue weighted by atomic mass is 9.95. The molecule has 1 N–H and O–H groups in total. The van der Waals surface area contributed by atoms with Gasteiger partial charge in [-0.2, -0.15) is 5.10 Å². The van der Waals surface area contributed by atoms with E-state index in [1.54, 1.807) is 9.36 Å². The molecule has 1 aliphatic carbocycles. The molecule has 5 rings (SSSR count). The number of hydrogen-bond acceptors (Lipinski definition) is 5. The number of amides is 1. The SMILES string of the molecule is O=C(Cn1nc(Cn2nnc3ccccc32)n(-c2ccccc2)c1=S)NC1CCCCC1. The molecule has 1 amide bonds. The number of para-hydroxylation sites is 2. The first-order chi connectivity index (χ1) is 15.7. The fourth-order valence-electron chi connectivity index (χ4n) is 4.32. The molecule has 0 atom stereocenters. The number of carbonyl (C=O) groups excluding carboxylic acids is 1. The van der Waals surface area contributed by atoms with Gasteiger partial charge in [-0.05, 0) is 49.3 Å². The lowest BCUT2D eigenvalue weighted by Gasteiger charge is -2.22. The quantitative estimate of drug-likeness (QED) is 0.456. The van der Waals surface area contributed by atoms with Gasteiger partial charge in [0.15, 0.2) is 5.82 Å². The Hall–Kier alpha value is -3.33. The number of nitrogens with one attached hydrogen (secondary N) is 1. The first-order valence-corrected chi connectivity index (χ1v) is 11.4. The third kappa shape index (κ3) is 4.20. The van der Waals surface area contributed by atoms with E-state index in [2.05, 4.69) is 15.6 Å². The van der Waals surface area contributed by atoms with Gasteiger partial charge in [0.2, 0.25) is 10.7 Å². The van der Waals surface area contributed by atoms with Crippen molar-refractivity contribution in [1.82, 2.24) is 34.7 Å². The predicted molar refractivity (Wildman–Crippen MR) is 124 cm³/mol. The summed E-state index contributed by atoms with van der Waals surface area (Å²) in [5, 5.41) is 16.4. The smallest absolute Gasteiger partial charge is 0.242 e. The zero-order valence-electron chi connectivity index (χ0n) is 17.7. The molecule has 2 aromatic heterocycles. The van der Waals surface area contributed by atoms with Gasteiger partial charge in [-0.25, -0.2) is 9.36 Å². The van der Waals surface area contributed by atoms with Crippen molar-refractivity contribution >= 4 is 29.2 Å². The van der Waals surface area contributed by atoms with Crippen molar-refractivity contribution in [3.8, 4) is 5.69 Å². The number of hydrogen-bond donors (Lipinski definition) is 1. The summed E-state index contributed by atoms with van der Waals surface area (Å²) in [5.41, 5.74) is 2.64. The molecular formula is C23H25N7OS. The van der Waals surface area contributed by atoms with Crippen molar-refractivity contribution in [2.75, 3.05) is 0 Å². The van der Waals surface area contributed by atoms with E-state index in [1.807, 2.05) is 59.2 Å². The Morgan fingerprint density at radius 3 is 2.56 bits per heavy atom. The second kappa shape index (κ2) is 9.04. The van der Waals surface area contributed by atoms with E-state index in [0.717, 1.165) is 29.6 Å². The number of rotatable bonds is 6. The van der Waals surface area contributed by atoms with Crippen LogP contribution in [-0.4, -0.2) is 41.3 Å². The molecule has 164 valence electrons. The molecule has 1 fully saturated rings. The minimum Gasteiger partial charge on any atom is -0.352 e. The van der Waals surface area contributed by atoms with Gasteiger partial charge in [0.05, 0.1) is 5.52 Å². The van der Waals surface area contributed by atoms with Gasteiger partial charge in [-0.3, -0.25) is 9.36 Å². The molecule has 0 unspecified atom stereocenters. The van der Waals surface area contributed by atoms with E-state index in [-0.39, 0.29) is 18.5 Å². The summed E-state index contributed by atoms with van der Waals surface area (Å²) in [7, 11) is 0. The standard InChI is InChI=1S/C23H25N7OS/c31-22(24-17-9-3-1-4-10-17)16-29-23(32)30(18-11-5-2-6-12-18)21(26-29)15-28-20-14-8-7-13-19(20)25-27-28/h2,5-8,11-14,17H,1,3-4,9-10,15-16H2,(H,24,31). The molecule has 1 aliphatic rings. The van der Waals surface area contributed by atoms with E-state index in [4.69, 9.17) is 17.3 Å². The maximum atomic E-state index is 12.7. The number of nitrogens with zero attached hydrogens (tertiary/aromatic N) is 6. The molecule has 2 aromatic carbocycles. The fourth-order valence-corrected chi connectivity index (χ4v) is 4.64. The van der Waals surface area contributed by atoms with E-state index < -0.39 is 0 Å². The molecule has 1 saturated carbocycles. The second-order valence-corrected chi connectivity index (χ2v) is 8.53. The molecule has 9 heteroatoms. The summed E-state index contributed by atoms with van der Waals surface area (Å²) < 4.78 is 5.79. The zero-order valence-corrected chi connectivity index (χ0v) is 18.5. The highest BCUT2D eigenvalue weighted by atomic mass is 32.1. The minimum atomic E-state index is -0.0523. The Kier molecular flexibility index (Phi) is 5.81. The maximum absolute atomic E-state index is 12.7. The van der Waals surface area contributed by atoms with E-state index in [0.29, 0.717) is 17.1 Å². The lowest BCUT2D eigenvalue weighted by Crippen LogP contribution is -2.38. The molecule has 4 aromatic rings. The topological polar surface area (TPSA) is 82.6 Å². The van der Waals surface area contributed by atoms with Crippen molar-refractivity contribution in [1.29, 1.82) is 0 Å². The molecule has 0 bridgehead atoms. The van der Waals surface area contributed by atoms with Crippen molar-refractivity contribution in [3.05, 3.63) is 65.2 Å². The molecule has 2 heterocycles. The van der Waals surface area contributed by atoms with Crippen molar-refractivity contribution in [3.63, 3.8) is 0 Å². The summed E-state index contributed by atoms with van der Waals surface area (Å²) in [5.74, 6) is 0.644. The summed E-state index contributed by atoms with van der Waals surface area (Å²) in [6.07, 6.45) is 5.67. The zero-order chi connectivity index (χ0) is 21.9. The Morgan fingerprint density at radius 2 is 1.75 bits per heavy atom. The summed E-state index contributed by atoms with van der Waals surface area (Å²) in [6.45, 7) is 0.483. The second-order valence-electron chi connectivity index (χ2n) is 8.17. The van der Waals surface area contributed by atoms with E-state index in [1.165, 1.54) is 19.3 Å². The van der Waals surface area contributed by atoms with Crippen molar-refractivity contribution in [2.45, 2.75) is 51.2 Å². The van der Waals surface area contributed by atoms with E-state index in [9.17, 15) is 4.79 Å². The average molecular weight is 448 g/mol. The fraction of sp³-hybridized carbons (Fsp3) is 0.348. The Labute approximate surface area is 190 Å². The molecule has 0 radical (unpaired) electrons. The van der Waals surface area contributed by atoms with Crippen LogP contribution in [0.2, 0.25) is 0 Å². The third-order valence-electron chi connectivity index (χ3n) is 5.90. The van der Waals surface area contributed by atoms with Crippen LogP contribution in [-0.2, 0) is 17.9 Å². The highest BCUT2D eigenvalue weighted by Gasteiger charge is 2.19. The number of carbonyl (C=O) groups is 1. The van der Waals surface area contributed by atoms with Crippen LogP contribution in [0.3, 0.4) is 0 Å². The van der Waals surface area contributed by atoms with Crippen molar-refractivity contribution in [2.24, 2.45) is 0 Å². The van der Waals surface area contributed by atoms with Crippen LogP contribution < -0.4 is 5.32 Å². The van der Waals surface area contributed by atoms with Crippen LogP contribution >= 0.6 is 12.2 Å². The normalized spacial score (nSPS) is 14.6. The van der Waals surface area contributed by atoms with Crippen LogP contribution in [0.15, 0.2) is 54.6 Å². The highest BCUT2D eigenvalue weighted by molar-refractivity contribution is 7.71. The van der Waals surface area contributed by atoms with Crippen LogP contribution in [0.5, 0.6) is 0 Å². The van der Waals surface area contributed by atoms with Gasteiger partial charge in [-0.15, -0.1) is 5.10 Å². The maximum Gasteiger partial charge on any atom is 0.242 e. The summed E-state index contributed by atoms with van der Waals surface area (Å²) in [4.78, 5) is 12.7. The Balaban J connectivity index is 1.46. The van der Waals surface area contributed by atoms with E-state index >= 15 is 0 Å². The highest BCUT2D eigenvalue weighted by Crippen LogP contribution is 2.18. The largest absolute Gasteiger partial charge is 0.352 e. The van der Waals surface area contributed by atoms with Gasteiger partial charge < -0.3 is 5.32 Å². The van der Waals surface area contributed by atoms with Crippen molar-refractivity contribution < 1.29 is 4.79 Å². The first kappa shape index (κ1) is 20.6. The number of aromatic nitrogens is 6. The van der Waals surface area contributed by atoms with Gasteiger partial charge in [0.25, 0.3) is 0 Å². The minimum absolute atomic E-state index is 0.0523. The van der Waals surface area contributed by atoms with Gasteiger partial charge >= 0.3 is 0 Å². The van der Waals surface area contributed by atoms with Gasteiger partial charge in [0, 0.05) is 11.7 Å². The lowest BCUT2D eigenvalue weighted by molar-refractivity contribution is -0.122. The molecule has 8 nitrogen and oxygen atoms in total. The van der Waals surface area contributed by atoms with Crippen LogP contribution in [0, 0.1) is 4.77 Å². The molecular weight excluding hydrogens is 422 g/mol. The van der Waals surface area contributed by atoms with Crippen LogP contribution in [0.25, 0.3) is 16.7 Å².